The Morgan fingerprint density at radius 2 is 2.33 bits per heavy atom. The number of fused-ring (bicyclic) bond motifs is 1. The molecule has 0 fully saturated rings. The fourth-order valence-corrected chi connectivity index (χ4v) is 2.04. The molecule has 0 saturated carbocycles. The van der Waals surface area contributed by atoms with Crippen LogP contribution in [0.1, 0.15) is 12.5 Å². The molecule has 3 heteroatoms. The highest BCUT2D eigenvalue weighted by molar-refractivity contribution is 5.64. The SMILES string of the molecule is COC(C)CN1CCc2ccc(N)cc21. The average Bonchev–Trinajstić information content (AvgIpc) is 2.61. The minimum absolute atomic E-state index is 0.261. The number of ether oxygens (including phenoxy) is 1. The van der Waals surface area contributed by atoms with Crippen LogP contribution in [0.15, 0.2) is 18.2 Å². The van der Waals surface area contributed by atoms with Crippen LogP contribution in [-0.2, 0) is 11.2 Å². The van der Waals surface area contributed by atoms with E-state index in [1.807, 2.05) is 6.07 Å². The van der Waals surface area contributed by atoms with Gasteiger partial charge in [0, 0.05) is 31.6 Å². The molecule has 3 nitrogen and oxygen atoms in total. The molecule has 1 aliphatic rings. The normalized spacial score (nSPS) is 16.5. The van der Waals surface area contributed by atoms with Crippen LogP contribution in [-0.4, -0.2) is 26.3 Å². The molecule has 0 radical (unpaired) electrons. The molecule has 2 rings (SSSR count). The Hall–Kier alpha value is -1.22. The van der Waals surface area contributed by atoms with E-state index in [1.165, 1.54) is 11.3 Å². The zero-order valence-corrected chi connectivity index (χ0v) is 9.36. The fraction of sp³-hybridized carbons (Fsp3) is 0.500. The Bertz CT molecular complexity index is 351. The van der Waals surface area contributed by atoms with Gasteiger partial charge in [0.1, 0.15) is 0 Å². The first-order chi connectivity index (χ1) is 7.20. The number of methoxy groups -OCH3 is 1. The van der Waals surface area contributed by atoms with Gasteiger partial charge >= 0.3 is 0 Å². The summed E-state index contributed by atoms with van der Waals surface area (Å²) >= 11 is 0. The van der Waals surface area contributed by atoms with Gasteiger partial charge in [0.05, 0.1) is 6.10 Å². The van der Waals surface area contributed by atoms with Crippen molar-refractivity contribution in [3.05, 3.63) is 23.8 Å². The fourth-order valence-electron chi connectivity index (χ4n) is 2.04. The Balaban J connectivity index is 2.16. The van der Waals surface area contributed by atoms with Crippen LogP contribution in [0.3, 0.4) is 0 Å². The predicted molar refractivity (Wildman–Crippen MR) is 63.2 cm³/mol. The molecule has 1 atom stereocenters. The van der Waals surface area contributed by atoms with Gasteiger partial charge in [-0.15, -0.1) is 0 Å². The van der Waals surface area contributed by atoms with Crippen LogP contribution in [0.4, 0.5) is 11.4 Å². The second kappa shape index (κ2) is 4.11. The summed E-state index contributed by atoms with van der Waals surface area (Å²) in [5.41, 5.74) is 9.31. The molecule has 82 valence electrons. The number of rotatable bonds is 3. The maximum Gasteiger partial charge on any atom is 0.0718 e. The summed E-state index contributed by atoms with van der Waals surface area (Å²) in [6, 6.07) is 6.16. The highest BCUT2D eigenvalue weighted by Crippen LogP contribution is 2.29. The number of nitrogens with zero attached hydrogens (tertiary/aromatic N) is 1. The lowest BCUT2D eigenvalue weighted by Gasteiger charge is -2.22. The Kier molecular flexibility index (Phi) is 2.82. The molecule has 0 aromatic heterocycles. The molecule has 1 unspecified atom stereocenters. The lowest BCUT2D eigenvalue weighted by molar-refractivity contribution is 0.123. The highest BCUT2D eigenvalue weighted by atomic mass is 16.5. The molecule has 1 heterocycles. The molecule has 0 aliphatic carbocycles. The van der Waals surface area contributed by atoms with E-state index in [9.17, 15) is 0 Å². The van der Waals surface area contributed by atoms with Gasteiger partial charge in [-0.1, -0.05) is 6.07 Å². The van der Waals surface area contributed by atoms with Crippen molar-refractivity contribution in [3.63, 3.8) is 0 Å². The van der Waals surface area contributed by atoms with Gasteiger partial charge in [0.2, 0.25) is 0 Å². The van der Waals surface area contributed by atoms with Crippen molar-refractivity contribution < 1.29 is 4.74 Å². The smallest absolute Gasteiger partial charge is 0.0718 e. The second-order valence-electron chi connectivity index (χ2n) is 4.13. The molecular formula is C12H18N2O. The molecule has 0 amide bonds. The van der Waals surface area contributed by atoms with Crippen LogP contribution in [0, 0.1) is 0 Å². The number of benzene rings is 1. The molecular weight excluding hydrogens is 188 g/mol. The molecule has 1 aromatic carbocycles. The van der Waals surface area contributed by atoms with E-state index in [4.69, 9.17) is 10.5 Å². The summed E-state index contributed by atoms with van der Waals surface area (Å²) in [6.07, 6.45) is 1.38. The van der Waals surface area contributed by atoms with Gasteiger partial charge < -0.3 is 15.4 Å². The zero-order chi connectivity index (χ0) is 10.8. The second-order valence-corrected chi connectivity index (χ2v) is 4.13. The third-order valence-corrected chi connectivity index (χ3v) is 2.98. The lowest BCUT2D eigenvalue weighted by Crippen LogP contribution is -2.30. The topological polar surface area (TPSA) is 38.5 Å². The van der Waals surface area contributed by atoms with Crippen molar-refractivity contribution in [2.45, 2.75) is 19.4 Å². The Morgan fingerprint density at radius 1 is 1.53 bits per heavy atom. The molecule has 0 bridgehead atoms. The summed E-state index contributed by atoms with van der Waals surface area (Å²) in [5.74, 6) is 0. The van der Waals surface area contributed by atoms with E-state index in [1.54, 1.807) is 7.11 Å². The Morgan fingerprint density at radius 3 is 3.07 bits per heavy atom. The summed E-state index contributed by atoms with van der Waals surface area (Å²) in [5, 5.41) is 0. The first-order valence-electron chi connectivity index (χ1n) is 5.37. The van der Waals surface area contributed by atoms with Gasteiger partial charge in [-0.3, -0.25) is 0 Å². The van der Waals surface area contributed by atoms with Crippen LogP contribution < -0.4 is 10.6 Å². The van der Waals surface area contributed by atoms with Crippen molar-refractivity contribution in [1.82, 2.24) is 0 Å². The first kappa shape index (κ1) is 10.3. The number of hydrogen-bond donors (Lipinski definition) is 1. The van der Waals surface area contributed by atoms with E-state index in [-0.39, 0.29) is 6.10 Å². The summed E-state index contributed by atoms with van der Waals surface area (Å²) in [4.78, 5) is 2.35. The monoisotopic (exact) mass is 206 g/mol. The molecule has 0 spiro atoms. The maximum absolute atomic E-state index is 5.80. The van der Waals surface area contributed by atoms with E-state index in [0.717, 1.165) is 25.2 Å². The standard InChI is InChI=1S/C12H18N2O/c1-9(15-2)8-14-6-5-10-3-4-11(13)7-12(10)14/h3-4,7,9H,5-6,8,13H2,1-2H3. The predicted octanol–water partition coefficient (Wildman–Crippen LogP) is 1.67. The van der Waals surface area contributed by atoms with Crippen LogP contribution >= 0.6 is 0 Å². The number of nitrogens with two attached hydrogens (primary N) is 1. The maximum atomic E-state index is 5.80. The third-order valence-electron chi connectivity index (χ3n) is 2.98. The van der Waals surface area contributed by atoms with E-state index in [2.05, 4.69) is 24.0 Å². The number of anilines is 2. The summed E-state index contributed by atoms with van der Waals surface area (Å²) < 4.78 is 5.28. The van der Waals surface area contributed by atoms with Crippen LogP contribution in [0.2, 0.25) is 0 Å². The quantitative estimate of drug-likeness (QED) is 0.764. The van der Waals surface area contributed by atoms with Gasteiger partial charge in [-0.2, -0.15) is 0 Å². The van der Waals surface area contributed by atoms with Crippen molar-refractivity contribution in [3.8, 4) is 0 Å². The summed E-state index contributed by atoms with van der Waals surface area (Å²) in [6.45, 7) is 4.10. The lowest BCUT2D eigenvalue weighted by atomic mass is 10.1. The van der Waals surface area contributed by atoms with Crippen LogP contribution in [0.25, 0.3) is 0 Å². The molecule has 1 aliphatic heterocycles. The van der Waals surface area contributed by atoms with Crippen LogP contribution in [0.5, 0.6) is 0 Å². The van der Waals surface area contributed by atoms with Crippen molar-refractivity contribution in [1.29, 1.82) is 0 Å². The molecule has 15 heavy (non-hydrogen) atoms. The first-order valence-corrected chi connectivity index (χ1v) is 5.37. The van der Waals surface area contributed by atoms with Gasteiger partial charge in [-0.25, -0.2) is 0 Å². The van der Waals surface area contributed by atoms with E-state index in [0.29, 0.717) is 0 Å². The van der Waals surface area contributed by atoms with Crippen molar-refractivity contribution >= 4 is 11.4 Å². The highest BCUT2D eigenvalue weighted by Gasteiger charge is 2.20. The number of nitrogen functional groups attached to an aromatic ring is 1. The molecule has 0 saturated heterocycles. The van der Waals surface area contributed by atoms with Gasteiger partial charge in [-0.05, 0) is 31.0 Å². The largest absolute Gasteiger partial charge is 0.399 e. The average molecular weight is 206 g/mol. The number of hydrogen-bond acceptors (Lipinski definition) is 3. The molecule has 1 aromatic rings. The Labute approximate surface area is 90.8 Å². The van der Waals surface area contributed by atoms with Crippen molar-refractivity contribution in [2.75, 3.05) is 30.8 Å². The van der Waals surface area contributed by atoms with E-state index < -0.39 is 0 Å². The minimum atomic E-state index is 0.261. The third kappa shape index (κ3) is 2.07. The van der Waals surface area contributed by atoms with Gasteiger partial charge in [0.25, 0.3) is 0 Å². The van der Waals surface area contributed by atoms with E-state index >= 15 is 0 Å². The minimum Gasteiger partial charge on any atom is -0.399 e. The summed E-state index contributed by atoms with van der Waals surface area (Å²) in [7, 11) is 1.75. The zero-order valence-electron chi connectivity index (χ0n) is 9.36. The van der Waals surface area contributed by atoms with Gasteiger partial charge in [0.15, 0.2) is 0 Å². The molecule has 2 N–H and O–H groups in total. The van der Waals surface area contributed by atoms with Crippen molar-refractivity contribution in [2.24, 2.45) is 0 Å².